The van der Waals surface area contributed by atoms with Gasteiger partial charge in [-0.25, -0.2) is 0 Å². The van der Waals surface area contributed by atoms with E-state index in [1.54, 1.807) is 6.07 Å². The van der Waals surface area contributed by atoms with Crippen LogP contribution in [0.15, 0.2) is 16.5 Å². The molecule has 0 unspecified atom stereocenters. The Balaban J connectivity index is 2.31. The Morgan fingerprint density at radius 3 is 2.73 bits per heavy atom. The third-order valence-corrected chi connectivity index (χ3v) is 1.79. The molecule has 0 radical (unpaired) electrons. The summed E-state index contributed by atoms with van der Waals surface area (Å²) in [5, 5.41) is 2.54. The van der Waals surface area contributed by atoms with Gasteiger partial charge in [-0.1, -0.05) is 0 Å². The molecule has 1 aromatic rings. The molecule has 0 atom stereocenters. The van der Waals surface area contributed by atoms with Crippen molar-refractivity contribution in [2.45, 2.75) is 19.9 Å². The first-order valence-corrected chi connectivity index (χ1v) is 4.50. The molecule has 1 heterocycles. The van der Waals surface area contributed by atoms with Crippen molar-refractivity contribution in [2.24, 2.45) is 0 Å². The number of ether oxygens (including phenoxy) is 1. The molecule has 0 bridgehead atoms. The lowest BCUT2D eigenvalue weighted by Gasteiger charge is -2.01. The first-order chi connectivity index (χ1) is 7.11. The predicted molar refractivity (Wildman–Crippen MR) is 51.9 cm³/mol. The summed E-state index contributed by atoms with van der Waals surface area (Å²) in [5.74, 6) is 0.511. The number of aryl methyl sites for hydroxylation is 1. The SMILES string of the molecule is COC(=O)CC(=O)NCc1ccc(C)o1. The van der Waals surface area contributed by atoms with Gasteiger partial charge in [0.2, 0.25) is 5.91 Å². The zero-order chi connectivity index (χ0) is 11.3. The van der Waals surface area contributed by atoms with E-state index in [-0.39, 0.29) is 18.9 Å². The molecule has 5 heteroatoms. The smallest absolute Gasteiger partial charge is 0.315 e. The second-order valence-corrected chi connectivity index (χ2v) is 3.04. The number of amides is 1. The molecule has 1 aromatic heterocycles. The molecule has 0 saturated heterocycles. The summed E-state index contributed by atoms with van der Waals surface area (Å²) in [6.07, 6.45) is -0.268. The van der Waals surface area contributed by atoms with Crippen LogP contribution in [0.4, 0.5) is 0 Å². The maximum atomic E-state index is 11.1. The molecule has 15 heavy (non-hydrogen) atoms. The van der Waals surface area contributed by atoms with Gasteiger partial charge < -0.3 is 14.5 Å². The Bertz CT molecular complexity index is 356. The van der Waals surface area contributed by atoms with Gasteiger partial charge in [-0.2, -0.15) is 0 Å². The van der Waals surface area contributed by atoms with Crippen molar-refractivity contribution in [3.63, 3.8) is 0 Å². The summed E-state index contributed by atoms with van der Waals surface area (Å²) in [7, 11) is 1.24. The Morgan fingerprint density at radius 2 is 2.20 bits per heavy atom. The minimum Gasteiger partial charge on any atom is -0.469 e. The summed E-state index contributed by atoms with van der Waals surface area (Å²) >= 11 is 0. The van der Waals surface area contributed by atoms with Crippen LogP contribution >= 0.6 is 0 Å². The Kier molecular flexibility index (Phi) is 3.91. The topological polar surface area (TPSA) is 68.5 Å². The van der Waals surface area contributed by atoms with Crippen molar-refractivity contribution >= 4 is 11.9 Å². The fourth-order valence-corrected chi connectivity index (χ4v) is 1.03. The highest BCUT2D eigenvalue weighted by molar-refractivity contribution is 5.94. The summed E-state index contributed by atoms with van der Waals surface area (Å²) in [6.45, 7) is 2.10. The van der Waals surface area contributed by atoms with Gasteiger partial charge in [-0.3, -0.25) is 9.59 Å². The number of hydrogen-bond acceptors (Lipinski definition) is 4. The van der Waals surface area contributed by atoms with Crippen molar-refractivity contribution in [3.05, 3.63) is 23.7 Å². The van der Waals surface area contributed by atoms with Gasteiger partial charge in [0.25, 0.3) is 0 Å². The van der Waals surface area contributed by atoms with E-state index < -0.39 is 5.97 Å². The number of hydrogen-bond donors (Lipinski definition) is 1. The van der Waals surface area contributed by atoms with Gasteiger partial charge in [0.05, 0.1) is 13.7 Å². The molecule has 1 amide bonds. The summed E-state index contributed by atoms with van der Waals surface area (Å²) in [5.41, 5.74) is 0. The van der Waals surface area contributed by atoms with Crippen LogP contribution in [0.1, 0.15) is 17.9 Å². The molecular weight excluding hydrogens is 198 g/mol. The van der Waals surface area contributed by atoms with Crippen LogP contribution in [-0.2, 0) is 20.9 Å². The third-order valence-electron chi connectivity index (χ3n) is 1.79. The number of carbonyl (C=O) groups is 2. The van der Waals surface area contributed by atoms with Gasteiger partial charge in [0, 0.05) is 0 Å². The zero-order valence-corrected chi connectivity index (χ0v) is 8.70. The van der Waals surface area contributed by atoms with E-state index >= 15 is 0 Å². The standard InChI is InChI=1S/C10H13NO4/c1-7-3-4-8(15-7)6-11-9(12)5-10(13)14-2/h3-4H,5-6H2,1-2H3,(H,11,12). The van der Waals surface area contributed by atoms with Crippen molar-refractivity contribution in [2.75, 3.05) is 7.11 Å². The Morgan fingerprint density at radius 1 is 1.47 bits per heavy atom. The molecule has 0 spiro atoms. The van der Waals surface area contributed by atoms with E-state index in [0.717, 1.165) is 5.76 Å². The summed E-state index contributed by atoms with van der Waals surface area (Å²) in [6, 6.07) is 3.58. The fraction of sp³-hybridized carbons (Fsp3) is 0.400. The monoisotopic (exact) mass is 211 g/mol. The van der Waals surface area contributed by atoms with Crippen LogP contribution in [0.25, 0.3) is 0 Å². The first kappa shape index (κ1) is 11.3. The van der Waals surface area contributed by atoms with Gasteiger partial charge in [0.1, 0.15) is 17.9 Å². The van der Waals surface area contributed by atoms with Crippen LogP contribution in [-0.4, -0.2) is 19.0 Å². The molecule has 1 rings (SSSR count). The number of methoxy groups -OCH3 is 1. The number of rotatable bonds is 4. The van der Waals surface area contributed by atoms with Crippen LogP contribution in [0.5, 0.6) is 0 Å². The van der Waals surface area contributed by atoms with Crippen molar-refractivity contribution in [3.8, 4) is 0 Å². The van der Waals surface area contributed by atoms with Crippen LogP contribution < -0.4 is 5.32 Å². The fourth-order valence-electron chi connectivity index (χ4n) is 1.03. The van der Waals surface area contributed by atoms with E-state index in [0.29, 0.717) is 5.76 Å². The van der Waals surface area contributed by atoms with Crippen molar-refractivity contribution in [1.29, 1.82) is 0 Å². The minimum atomic E-state index is -0.553. The van der Waals surface area contributed by atoms with E-state index in [9.17, 15) is 9.59 Å². The molecule has 0 aliphatic rings. The van der Waals surface area contributed by atoms with E-state index in [2.05, 4.69) is 10.1 Å². The lowest BCUT2D eigenvalue weighted by Crippen LogP contribution is -2.25. The molecule has 0 fully saturated rings. The van der Waals surface area contributed by atoms with Gasteiger partial charge >= 0.3 is 5.97 Å². The molecule has 0 aliphatic carbocycles. The molecule has 1 N–H and O–H groups in total. The minimum absolute atomic E-state index is 0.268. The number of nitrogens with one attached hydrogen (secondary N) is 1. The Hall–Kier alpha value is -1.78. The zero-order valence-electron chi connectivity index (χ0n) is 8.70. The van der Waals surface area contributed by atoms with Crippen molar-refractivity contribution in [1.82, 2.24) is 5.32 Å². The third kappa shape index (κ3) is 3.84. The Labute approximate surface area is 87.4 Å². The molecule has 0 saturated carbocycles. The first-order valence-electron chi connectivity index (χ1n) is 4.50. The lowest BCUT2D eigenvalue weighted by molar-refractivity contribution is -0.143. The second-order valence-electron chi connectivity index (χ2n) is 3.04. The van der Waals surface area contributed by atoms with Crippen LogP contribution in [0.2, 0.25) is 0 Å². The van der Waals surface area contributed by atoms with Crippen molar-refractivity contribution < 1.29 is 18.7 Å². The largest absolute Gasteiger partial charge is 0.469 e. The average Bonchev–Trinajstić information content (AvgIpc) is 2.61. The average molecular weight is 211 g/mol. The molecule has 0 aromatic carbocycles. The van der Waals surface area contributed by atoms with Gasteiger partial charge in [-0.05, 0) is 19.1 Å². The quantitative estimate of drug-likeness (QED) is 0.590. The number of esters is 1. The predicted octanol–water partition coefficient (Wildman–Crippen LogP) is 0.767. The normalized spacial score (nSPS) is 9.73. The highest BCUT2D eigenvalue weighted by atomic mass is 16.5. The van der Waals surface area contributed by atoms with E-state index in [4.69, 9.17) is 4.42 Å². The molecule has 5 nitrogen and oxygen atoms in total. The van der Waals surface area contributed by atoms with Crippen LogP contribution in [0, 0.1) is 6.92 Å². The molecule has 82 valence electrons. The van der Waals surface area contributed by atoms with Gasteiger partial charge in [0.15, 0.2) is 0 Å². The summed E-state index contributed by atoms with van der Waals surface area (Å²) in [4.78, 5) is 21.9. The number of carbonyl (C=O) groups excluding carboxylic acids is 2. The second kappa shape index (κ2) is 5.19. The molecular formula is C10H13NO4. The highest BCUT2D eigenvalue weighted by Crippen LogP contribution is 2.05. The maximum Gasteiger partial charge on any atom is 0.315 e. The maximum absolute atomic E-state index is 11.1. The molecule has 0 aliphatic heterocycles. The van der Waals surface area contributed by atoms with E-state index in [1.807, 2.05) is 13.0 Å². The summed E-state index contributed by atoms with van der Waals surface area (Å²) < 4.78 is 9.59. The highest BCUT2D eigenvalue weighted by Gasteiger charge is 2.09. The van der Waals surface area contributed by atoms with E-state index in [1.165, 1.54) is 7.11 Å². The van der Waals surface area contributed by atoms with Gasteiger partial charge in [-0.15, -0.1) is 0 Å². The van der Waals surface area contributed by atoms with Crippen LogP contribution in [0.3, 0.4) is 0 Å². The lowest BCUT2D eigenvalue weighted by atomic mass is 10.4. The number of furan rings is 1.